The van der Waals surface area contributed by atoms with E-state index in [4.69, 9.17) is 9.84 Å². The van der Waals surface area contributed by atoms with Crippen molar-refractivity contribution >= 4 is 11.6 Å². The van der Waals surface area contributed by atoms with E-state index >= 15 is 0 Å². The third-order valence-electron chi connectivity index (χ3n) is 6.07. The highest BCUT2D eigenvalue weighted by atomic mass is 19.1. The zero-order chi connectivity index (χ0) is 20.5. The van der Waals surface area contributed by atoms with Crippen LogP contribution in [-0.4, -0.2) is 57.0 Å². The molecule has 1 saturated heterocycles. The Balaban J connectivity index is 1.50. The maximum Gasteiger partial charge on any atom is 0.223 e. The molecule has 2 unspecified atom stereocenters. The van der Waals surface area contributed by atoms with E-state index in [0.717, 1.165) is 30.0 Å². The van der Waals surface area contributed by atoms with Crippen molar-refractivity contribution in [1.82, 2.24) is 29.9 Å². The van der Waals surface area contributed by atoms with Crippen molar-refractivity contribution in [3.05, 3.63) is 30.2 Å². The standard InChI is InChI=1S/C21H26FN7O/c1-30-18-9-19-25-12-17(29(19)28-20(18)13-5-3-2-4-6-13)15-7-8-24-21(26-15)27-16-11-23-10-14(16)22/h7-9,12-14,16,23H,2-6,10-11H2,1H3,(H,24,26,27). The number of aromatic nitrogens is 5. The van der Waals surface area contributed by atoms with Crippen molar-refractivity contribution in [3.63, 3.8) is 0 Å². The van der Waals surface area contributed by atoms with E-state index < -0.39 is 6.17 Å². The Bertz CT molecular complexity index is 1030. The molecule has 2 N–H and O–H groups in total. The Morgan fingerprint density at radius 1 is 1.20 bits per heavy atom. The molecule has 1 saturated carbocycles. The number of halogens is 1. The first-order valence-electron chi connectivity index (χ1n) is 10.6. The molecule has 0 radical (unpaired) electrons. The monoisotopic (exact) mass is 411 g/mol. The van der Waals surface area contributed by atoms with Crippen molar-refractivity contribution in [2.24, 2.45) is 0 Å². The highest BCUT2D eigenvalue weighted by molar-refractivity contribution is 5.61. The van der Waals surface area contributed by atoms with Crippen LogP contribution in [0.4, 0.5) is 10.3 Å². The normalized spacial score (nSPS) is 22.5. The van der Waals surface area contributed by atoms with Crippen molar-refractivity contribution in [2.75, 3.05) is 25.5 Å². The molecule has 1 aliphatic heterocycles. The summed E-state index contributed by atoms with van der Waals surface area (Å²) >= 11 is 0. The first-order valence-corrected chi connectivity index (χ1v) is 10.6. The molecule has 5 rings (SSSR count). The summed E-state index contributed by atoms with van der Waals surface area (Å²) in [6.45, 7) is 0.900. The minimum Gasteiger partial charge on any atom is -0.495 e. The molecule has 2 atom stereocenters. The van der Waals surface area contributed by atoms with E-state index in [2.05, 4.69) is 25.6 Å². The first kappa shape index (κ1) is 19.2. The Morgan fingerprint density at radius 3 is 2.83 bits per heavy atom. The Hall–Kier alpha value is -2.81. The fraction of sp³-hybridized carbons (Fsp3) is 0.524. The van der Waals surface area contributed by atoms with Crippen molar-refractivity contribution in [2.45, 2.75) is 50.2 Å². The van der Waals surface area contributed by atoms with Crippen LogP contribution in [0.25, 0.3) is 17.0 Å². The minimum absolute atomic E-state index is 0.331. The molecule has 8 nitrogen and oxygen atoms in total. The molecule has 30 heavy (non-hydrogen) atoms. The van der Waals surface area contributed by atoms with Gasteiger partial charge in [0, 0.05) is 31.3 Å². The van der Waals surface area contributed by atoms with Gasteiger partial charge in [-0.2, -0.15) is 5.10 Å². The molecule has 2 aliphatic rings. The number of alkyl halides is 1. The van der Waals surface area contributed by atoms with Crippen LogP contribution in [-0.2, 0) is 0 Å². The van der Waals surface area contributed by atoms with Crippen LogP contribution in [0.5, 0.6) is 5.75 Å². The maximum atomic E-state index is 13.9. The van der Waals surface area contributed by atoms with Crippen LogP contribution < -0.4 is 15.4 Å². The van der Waals surface area contributed by atoms with Gasteiger partial charge in [-0.25, -0.2) is 23.9 Å². The summed E-state index contributed by atoms with van der Waals surface area (Å²) in [7, 11) is 1.68. The number of anilines is 1. The summed E-state index contributed by atoms with van der Waals surface area (Å²) in [4.78, 5) is 13.4. The summed E-state index contributed by atoms with van der Waals surface area (Å²) in [5.41, 5.74) is 3.15. The van der Waals surface area contributed by atoms with Gasteiger partial charge in [0.15, 0.2) is 5.65 Å². The molecule has 158 valence electrons. The molecule has 3 aromatic rings. The van der Waals surface area contributed by atoms with Crippen LogP contribution in [0, 0.1) is 0 Å². The van der Waals surface area contributed by atoms with Gasteiger partial charge in [-0.1, -0.05) is 19.3 Å². The lowest BCUT2D eigenvalue weighted by Crippen LogP contribution is -2.30. The second-order valence-electron chi connectivity index (χ2n) is 8.04. The molecular weight excluding hydrogens is 385 g/mol. The van der Waals surface area contributed by atoms with Gasteiger partial charge in [0.1, 0.15) is 23.3 Å². The van der Waals surface area contributed by atoms with Gasteiger partial charge in [-0.3, -0.25) is 0 Å². The van der Waals surface area contributed by atoms with Gasteiger partial charge >= 0.3 is 0 Å². The van der Waals surface area contributed by atoms with Crippen LogP contribution in [0.1, 0.15) is 43.7 Å². The van der Waals surface area contributed by atoms with Gasteiger partial charge < -0.3 is 15.4 Å². The van der Waals surface area contributed by atoms with E-state index in [-0.39, 0.29) is 6.04 Å². The number of hydrogen-bond donors (Lipinski definition) is 2. The lowest BCUT2D eigenvalue weighted by Gasteiger charge is -2.22. The average molecular weight is 411 g/mol. The molecule has 3 aromatic heterocycles. The third-order valence-corrected chi connectivity index (χ3v) is 6.07. The molecule has 1 aliphatic carbocycles. The molecular formula is C21H26FN7O. The number of fused-ring (bicyclic) bond motifs is 1. The topological polar surface area (TPSA) is 89.3 Å². The number of methoxy groups -OCH3 is 1. The number of nitrogens with one attached hydrogen (secondary N) is 2. The van der Waals surface area contributed by atoms with Crippen LogP contribution in [0.15, 0.2) is 24.5 Å². The van der Waals surface area contributed by atoms with Gasteiger partial charge in [0.05, 0.1) is 25.0 Å². The number of imidazole rings is 1. The Morgan fingerprint density at radius 2 is 2.07 bits per heavy atom. The second-order valence-corrected chi connectivity index (χ2v) is 8.04. The zero-order valence-electron chi connectivity index (χ0n) is 17.0. The Kier molecular flexibility index (Phi) is 5.20. The number of rotatable bonds is 5. The highest BCUT2D eigenvalue weighted by Gasteiger charge is 2.27. The average Bonchev–Trinajstić information content (AvgIpc) is 3.39. The lowest BCUT2D eigenvalue weighted by molar-refractivity contribution is 0.342. The summed E-state index contributed by atoms with van der Waals surface area (Å²) in [6, 6.07) is 3.43. The number of hydrogen-bond acceptors (Lipinski definition) is 7. The van der Waals surface area contributed by atoms with E-state index in [0.29, 0.717) is 36.3 Å². The maximum absolute atomic E-state index is 13.9. The van der Waals surface area contributed by atoms with E-state index in [9.17, 15) is 4.39 Å². The number of ether oxygens (including phenoxy) is 1. The zero-order valence-corrected chi connectivity index (χ0v) is 17.0. The van der Waals surface area contributed by atoms with Gasteiger partial charge in [0.2, 0.25) is 5.95 Å². The van der Waals surface area contributed by atoms with Crippen LogP contribution in [0.2, 0.25) is 0 Å². The third kappa shape index (κ3) is 3.58. The minimum atomic E-state index is -0.958. The molecule has 0 amide bonds. The molecule has 0 bridgehead atoms. The van der Waals surface area contributed by atoms with Crippen molar-refractivity contribution in [1.29, 1.82) is 0 Å². The van der Waals surface area contributed by atoms with Crippen molar-refractivity contribution in [3.8, 4) is 17.1 Å². The smallest absolute Gasteiger partial charge is 0.223 e. The van der Waals surface area contributed by atoms with Gasteiger partial charge in [-0.15, -0.1) is 0 Å². The molecule has 0 spiro atoms. The fourth-order valence-electron chi connectivity index (χ4n) is 4.43. The quantitative estimate of drug-likeness (QED) is 0.667. The van der Waals surface area contributed by atoms with Crippen LogP contribution in [0.3, 0.4) is 0 Å². The molecule has 9 heteroatoms. The van der Waals surface area contributed by atoms with E-state index in [1.807, 2.05) is 16.6 Å². The summed E-state index contributed by atoms with van der Waals surface area (Å²) in [6.07, 6.45) is 8.44. The number of nitrogens with zero attached hydrogens (tertiary/aromatic N) is 5. The van der Waals surface area contributed by atoms with Crippen LogP contribution >= 0.6 is 0 Å². The summed E-state index contributed by atoms with van der Waals surface area (Å²) in [5.74, 6) is 1.59. The molecule has 0 aromatic carbocycles. The predicted octanol–water partition coefficient (Wildman–Crippen LogP) is 2.96. The van der Waals surface area contributed by atoms with E-state index in [1.54, 1.807) is 19.5 Å². The SMILES string of the molecule is COc1cc2ncc(-c3ccnc(NC4CNCC4F)n3)n2nc1C1CCCCC1. The van der Waals surface area contributed by atoms with E-state index in [1.165, 1.54) is 19.3 Å². The second kappa shape index (κ2) is 8.14. The predicted molar refractivity (Wildman–Crippen MR) is 112 cm³/mol. The summed E-state index contributed by atoms with van der Waals surface area (Å²) < 4.78 is 21.4. The fourth-order valence-corrected chi connectivity index (χ4v) is 4.43. The first-order chi connectivity index (χ1) is 14.7. The molecule has 4 heterocycles. The lowest BCUT2D eigenvalue weighted by atomic mass is 9.86. The van der Waals surface area contributed by atoms with Gasteiger partial charge in [0.25, 0.3) is 0 Å². The highest BCUT2D eigenvalue weighted by Crippen LogP contribution is 2.37. The van der Waals surface area contributed by atoms with Crippen molar-refractivity contribution < 1.29 is 9.13 Å². The summed E-state index contributed by atoms with van der Waals surface area (Å²) in [5, 5.41) is 11.0. The van der Waals surface area contributed by atoms with Gasteiger partial charge in [-0.05, 0) is 18.9 Å². The Labute approximate surface area is 174 Å². The largest absolute Gasteiger partial charge is 0.495 e. The molecule has 2 fully saturated rings.